The number of rotatable bonds is 2. The molecule has 1 aliphatic heterocycles. The zero-order valence-electron chi connectivity index (χ0n) is 6.52. The first-order valence-electron chi connectivity index (χ1n) is 4.04. The van der Waals surface area contributed by atoms with Crippen molar-refractivity contribution in [1.29, 1.82) is 0 Å². The minimum absolute atomic E-state index is 0.725. The van der Waals surface area contributed by atoms with E-state index in [4.69, 9.17) is 4.74 Å². The first-order chi connectivity index (χ1) is 4.85. The maximum absolute atomic E-state index is 5.09. The van der Waals surface area contributed by atoms with E-state index in [-0.39, 0.29) is 0 Å². The van der Waals surface area contributed by atoms with Gasteiger partial charge in [0, 0.05) is 26.8 Å². The van der Waals surface area contributed by atoms with Crippen LogP contribution in [0, 0.1) is 11.3 Å². The third kappa shape index (κ3) is 0.867. The van der Waals surface area contributed by atoms with Gasteiger partial charge in [-0.25, -0.2) is 0 Å². The van der Waals surface area contributed by atoms with Crippen LogP contribution in [-0.2, 0) is 4.74 Å². The van der Waals surface area contributed by atoms with Crippen molar-refractivity contribution in [2.24, 2.45) is 11.3 Å². The lowest BCUT2D eigenvalue weighted by molar-refractivity contribution is -0.0342. The molecule has 0 aromatic heterocycles. The molecule has 2 rings (SSSR count). The molecule has 0 aromatic carbocycles. The molecule has 1 saturated heterocycles. The van der Waals surface area contributed by atoms with Gasteiger partial charge in [0.15, 0.2) is 0 Å². The van der Waals surface area contributed by atoms with Crippen LogP contribution in [0.2, 0.25) is 0 Å². The molecule has 1 aliphatic carbocycles. The van der Waals surface area contributed by atoms with Crippen molar-refractivity contribution in [3.63, 3.8) is 0 Å². The maximum atomic E-state index is 5.09. The lowest BCUT2D eigenvalue weighted by Gasteiger charge is -2.54. The Bertz CT molecular complexity index is 123. The largest absolute Gasteiger partial charge is 0.384 e. The molecular formula is C8H15NO. The van der Waals surface area contributed by atoms with E-state index in [1.165, 1.54) is 25.9 Å². The van der Waals surface area contributed by atoms with Gasteiger partial charge in [0.05, 0.1) is 0 Å². The van der Waals surface area contributed by atoms with E-state index in [0.29, 0.717) is 0 Å². The average molecular weight is 141 g/mol. The van der Waals surface area contributed by atoms with Gasteiger partial charge in [-0.3, -0.25) is 0 Å². The number of hydrogen-bond donors (Lipinski definition) is 1. The zero-order chi connectivity index (χ0) is 7.03. The summed E-state index contributed by atoms with van der Waals surface area (Å²) >= 11 is 0. The van der Waals surface area contributed by atoms with E-state index in [0.717, 1.165) is 17.9 Å². The molecule has 1 spiro atoms. The zero-order valence-corrected chi connectivity index (χ0v) is 6.52. The Balaban J connectivity index is 1.72. The van der Waals surface area contributed by atoms with Crippen LogP contribution in [-0.4, -0.2) is 26.8 Å². The highest BCUT2D eigenvalue weighted by molar-refractivity contribution is 5.02. The third-order valence-corrected chi connectivity index (χ3v) is 2.85. The van der Waals surface area contributed by atoms with Crippen molar-refractivity contribution >= 4 is 0 Å². The van der Waals surface area contributed by atoms with E-state index in [1.54, 1.807) is 7.11 Å². The van der Waals surface area contributed by atoms with Crippen molar-refractivity contribution in [2.75, 3.05) is 26.8 Å². The topological polar surface area (TPSA) is 21.3 Å². The Morgan fingerprint density at radius 3 is 2.60 bits per heavy atom. The molecule has 10 heavy (non-hydrogen) atoms. The summed E-state index contributed by atoms with van der Waals surface area (Å²) in [5.74, 6) is 0.868. The monoisotopic (exact) mass is 141 g/mol. The smallest absolute Gasteiger partial charge is 0.0490 e. The first kappa shape index (κ1) is 6.62. The van der Waals surface area contributed by atoms with E-state index >= 15 is 0 Å². The quantitative estimate of drug-likeness (QED) is 0.609. The molecule has 2 fully saturated rings. The van der Waals surface area contributed by atoms with E-state index in [9.17, 15) is 0 Å². The van der Waals surface area contributed by atoms with Gasteiger partial charge in [-0.2, -0.15) is 0 Å². The highest BCUT2D eigenvalue weighted by atomic mass is 16.5. The maximum Gasteiger partial charge on any atom is 0.0490 e. The van der Waals surface area contributed by atoms with Crippen LogP contribution >= 0.6 is 0 Å². The molecule has 2 heteroatoms. The Hall–Kier alpha value is -0.0800. The molecule has 1 N–H and O–H groups in total. The predicted octanol–water partition coefficient (Wildman–Crippen LogP) is 0.632. The van der Waals surface area contributed by atoms with E-state index in [2.05, 4.69) is 5.32 Å². The van der Waals surface area contributed by atoms with Gasteiger partial charge in [-0.15, -0.1) is 0 Å². The highest BCUT2D eigenvalue weighted by Crippen LogP contribution is 2.48. The van der Waals surface area contributed by atoms with Crippen molar-refractivity contribution < 1.29 is 4.74 Å². The second-order valence-corrected chi connectivity index (χ2v) is 3.83. The Kier molecular flexibility index (Phi) is 1.46. The molecule has 0 radical (unpaired) electrons. The van der Waals surface area contributed by atoms with Crippen LogP contribution in [0.3, 0.4) is 0 Å². The van der Waals surface area contributed by atoms with Crippen LogP contribution in [0.25, 0.3) is 0 Å². The molecule has 1 heterocycles. The average Bonchev–Trinajstić information content (AvgIpc) is 1.72. The fraction of sp³-hybridized carbons (Fsp3) is 1.00. The van der Waals surface area contributed by atoms with Crippen molar-refractivity contribution in [1.82, 2.24) is 5.32 Å². The van der Waals surface area contributed by atoms with Gasteiger partial charge in [-0.05, 0) is 24.2 Å². The van der Waals surface area contributed by atoms with E-state index < -0.39 is 0 Å². The summed E-state index contributed by atoms with van der Waals surface area (Å²) in [6.45, 7) is 3.49. The summed E-state index contributed by atoms with van der Waals surface area (Å²) in [6, 6.07) is 0. The molecule has 2 aliphatic rings. The lowest BCUT2D eigenvalue weighted by atomic mass is 9.59. The first-order valence-corrected chi connectivity index (χ1v) is 4.04. The third-order valence-electron chi connectivity index (χ3n) is 2.85. The molecule has 1 saturated carbocycles. The lowest BCUT2D eigenvalue weighted by Crippen LogP contribution is -2.60. The molecular weight excluding hydrogens is 126 g/mol. The Labute approximate surface area is 61.9 Å². The summed E-state index contributed by atoms with van der Waals surface area (Å²) in [6.07, 6.45) is 2.79. The normalized spacial score (nSPS) is 29.7. The van der Waals surface area contributed by atoms with Crippen LogP contribution < -0.4 is 5.32 Å². The van der Waals surface area contributed by atoms with Gasteiger partial charge < -0.3 is 10.1 Å². The van der Waals surface area contributed by atoms with Gasteiger partial charge >= 0.3 is 0 Å². The highest BCUT2D eigenvalue weighted by Gasteiger charge is 2.47. The SMILES string of the molecule is COCC1CC2(CNC2)C1. The van der Waals surface area contributed by atoms with Crippen molar-refractivity contribution in [2.45, 2.75) is 12.8 Å². The molecule has 0 bridgehead atoms. The summed E-state index contributed by atoms with van der Waals surface area (Å²) in [5, 5.41) is 3.33. The Morgan fingerprint density at radius 2 is 2.20 bits per heavy atom. The second-order valence-electron chi connectivity index (χ2n) is 3.83. The van der Waals surface area contributed by atoms with Crippen molar-refractivity contribution in [3.05, 3.63) is 0 Å². The molecule has 0 amide bonds. The number of nitrogens with one attached hydrogen (secondary N) is 1. The standard InChI is InChI=1S/C8H15NO/c1-10-4-7-2-8(3-7)5-9-6-8/h7,9H,2-6H2,1H3. The molecule has 58 valence electrons. The van der Waals surface area contributed by atoms with Crippen molar-refractivity contribution in [3.8, 4) is 0 Å². The van der Waals surface area contributed by atoms with Gasteiger partial charge in [0.25, 0.3) is 0 Å². The number of methoxy groups -OCH3 is 1. The summed E-state index contributed by atoms with van der Waals surface area (Å²) in [7, 11) is 1.80. The van der Waals surface area contributed by atoms with Crippen LogP contribution in [0.15, 0.2) is 0 Å². The fourth-order valence-corrected chi connectivity index (χ4v) is 2.29. The van der Waals surface area contributed by atoms with E-state index in [1.807, 2.05) is 0 Å². The molecule has 0 aromatic rings. The minimum Gasteiger partial charge on any atom is -0.384 e. The summed E-state index contributed by atoms with van der Waals surface area (Å²) < 4.78 is 5.09. The van der Waals surface area contributed by atoms with Crippen LogP contribution in [0.5, 0.6) is 0 Å². The fourth-order valence-electron chi connectivity index (χ4n) is 2.29. The number of ether oxygens (including phenoxy) is 1. The van der Waals surface area contributed by atoms with Crippen LogP contribution in [0.1, 0.15) is 12.8 Å². The van der Waals surface area contributed by atoms with Gasteiger partial charge in [0.2, 0.25) is 0 Å². The van der Waals surface area contributed by atoms with Crippen LogP contribution in [0.4, 0.5) is 0 Å². The number of hydrogen-bond acceptors (Lipinski definition) is 2. The predicted molar refractivity (Wildman–Crippen MR) is 39.9 cm³/mol. The molecule has 0 unspecified atom stereocenters. The molecule has 2 nitrogen and oxygen atoms in total. The van der Waals surface area contributed by atoms with Gasteiger partial charge in [-0.1, -0.05) is 0 Å². The summed E-state index contributed by atoms with van der Waals surface area (Å²) in [4.78, 5) is 0. The minimum atomic E-state index is 0.725. The summed E-state index contributed by atoms with van der Waals surface area (Å²) in [5.41, 5.74) is 0.725. The van der Waals surface area contributed by atoms with Gasteiger partial charge in [0.1, 0.15) is 0 Å². The Morgan fingerprint density at radius 1 is 1.50 bits per heavy atom. The molecule has 0 atom stereocenters. The second kappa shape index (κ2) is 2.21.